The lowest BCUT2D eigenvalue weighted by atomic mass is 10.1. The van der Waals surface area contributed by atoms with Crippen molar-refractivity contribution in [3.63, 3.8) is 0 Å². The predicted molar refractivity (Wildman–Crippen MR) is 50.9 cm³/mol. The van der Waals surface area contributed by atoms with Crippen molar-refractivity contribution in [1.82, 2.24) is 0 Å². The van der Waals surface area contributed by atoms with Gasteiger partial charge >= 0.3 is 0 Å². The first-order valence-corrected chi connectivity index (χ1v) is 6.77. The molecular weight excluding hydrogens is 155 g/mol. The summed E-state index contributed by atoms with van der Waals surface area (Å²) in [6, 6.07) is 0. The quantitative estimate of drug-likeness (QED) is 0.558. The summed E-state index contributed by atoms with van der Waals surface area (Å²) in [5.41, 5.74) is 0.426. The van der Waals surface area contributed by atoms with Crippen LogP contribution in [0.3, 0.4) is 0 Å². The largest absolute Gasteiger partial charge is 0.323 e. The monoisotopic (exact) mass is 174 g/mol. The van der Waals surface area contributed by atoms with Gasteiger partial charge in [0, 0.05) is 18.0 Å². The second kappa shape index (κ2) is 3.31. The Kier molecular flexibility index (Phi) is 2.80. The molecule has 1 aliphatic rings. The van der Waals surface area contributed by atoms with Gasteiger partial charge in [-0.15, -0.1) is 0 Å². The maximum absolute atomic E-state index is 12.1. The summed E-state index contributed by atoms with van der Waals surface area (Å²) >= 11 is 0. The van der Waals surface area contributed by atoms with Crippen LogP contribution in [0.5, 0.6) is 0 Å². The summed E-state index contributed by atoms with van der Waals surface area (Å²) in [6.45, 7) is 6.48. The molecule has 0 aromatic rings. The second-order valence-electron chi connectivity index (χ2n) is 4.18. The Morgan fingerprint density at radius 2 is 1.73 bits per heavy atom. The average molecular weight is 174 g/mol. The van der Waals surface area contributed by atoms with Gasteiger partial charge in [-0.25, -0.2) is 0 Å². The van der Waals surface area contributed by atoms with E-state index in [4.69, 9.17) is 0 Å². The summed E-state index contributed by atoms with van der Waals surface area (Å²) in [5.74, 6) is 0.816. The zero-order valence-electron chi connectivity index (χ0n) is 7.84. The van der Waals surface area contributed by atoms with Crippen LogP contribution in [-0.2, 0) is 4.57 Å². The molecule has 0 atom stereocenters. The molecule has 0 spiro atoms. The van der Waals surface area contributed by atoms with Crippen LogP contribution in [0.25, 0.3) is 0 Å². The van der Waals surface area contributed by atoms with Gasteiger partial charge in [0.15, 0.2) is 0 Å². The highest BCUT2D eigenvalue weighted by atomic mass is 31.2. The van der Waals surface area contributed by atoms with Crippen molar-refractivity contribution in [2.75, 3.05) is 12.3 Å². The average Bonchev–Trinajstić information content (AvgIpc) is 1.95. The highest BCUT2D eigenvalue weighted by Gasteiger charge is 2.30. The lowest BCUT2D eigenvalue weighted by molar-refractivity contribution is 0.494. The van der Waals surface area contributed by atoms with Crippen LogP contribution in [0, 0.1) is 5.92 Å². The third-order valence-electron chi connectivity index (χ3n) is 2.94. The minimum Gasteiger partial charge on any atom is -0.323 e. The molecule has 0 radical (unpaired) electrons. The van der Waals surface area contributed by atoms with Crippen LogP contribution in [0.2, 0.25) is 0 Å². The van der Waals surface area contributed by atoms with Gasteiger partial charge in [0.05, 0.1) is 7.14 Å². The van der Waals surface area contributed by atoms with Gasteiger partial charge in [-0.2, -0.15) is 0 Å². The van der Waals surface area contributed by atoms with Gasteiger partial charge < -0.3 is 4.57 Å². The molecule has 0 N–H and O–H groups in total. The molecule has 1 saturated heterocycles. The summed E-state index contributed by atoms with van der Waals surface area (Å²) in [5, 5.41) is 0. The molecule has 0 unspecified atom stereocenters. The fourth-order valence-electron chi connectivity index (χ4n) is 1.65. The van der Waals surface area contributed by atoms with Crippen molar-refractivity contribution in [3.8, 4) is 0 Å². The normalized spacial score (nSPS) is 39.5. The van der Waals surface area contributed by atoms with Gasteiger partial charge in [-0.3, -0.25) is 0 Å². The molecule has 0 aromatic heterocycles. The molecule has 0 saturated carbocycles. The van der Waals surface area contributed by atoms with Crippen molar-refractivity contribution < 1.29 is 4.57 Å². The third kappa shape index (κ3) is 2.08. The molecular formula is C9H19OP. The van der Waals surface area contributed by atoms with Crippen molar-refractivity contribution in [1.29, 1.82) is 0 Å². The molecule has 2 heteroatoms. The van der Waals surface area contributed by atoms with Gasteiger partial charge in [0.2, 0.25) is 0 Å². The molecule has 0 aromatic carbocycles. The summed E-state index contributed by atoms with van der Waals surface area (Å²) in [4.78, 5) is 0. The molecule has 11 heavy (non-hydrogen) atoms. The van der Waals surface area contributed by atoms with E-state index in [1.54, 1.807) is 0 Å². The first kappa shape index (κ1) is 9.32. The zero-order chi connectivity index (χ0) is 8.48. The first-order chi connectivity index (χ1) is 5.04. The van der Waals surface area contributed by atoms with Crippen LogP contribution < -0.4 is 0 Å². The topological polar surface area (TPSA) is 17.1 Å². The summed E-state index contributed by atoms with van der Waals surface area (Å²) in [7, 11) is -1.72. The molecule has 1 rings (SSSR count). The van der Waals surface area contributed by atoms with Gasteiger partial charge in [-0.05, 0) is 18.8 Å². The molecule has 1 heterocycles. The molecule has 0 amide bonds. The van der Waals surface area contributed by atoms with E-state index in [1.165, 1.54) is 12.8 Å². The van der Waals surface area contributed by atoms with Gasteiger partial charge in [-0.1, -0.05) is 20.8 Å². The highest BCUT2D eigenvalue weighted by molar-refractivity contribution is 7.64. The van der Waals surface area contributed by atoms with Crippen molar-refractivity contribution in [3.05, 3.63) is 0 Å². The Morgan fingerprint density at radius 1 is 1.27 bits per heavy atom. The minimum atomic E-state index is -1.72. The van der Waals surface area contributed by atoms with E-state index in [-0.39, 0.29) is 0 Å². The van der Waals surface area contributed by atoms with Gasteiger partial charge in [0.25, 0.3) is 0 Å². The Labute approximate surface area is 69.9 Å². The van der Waals surface area contributed by atoms with Gasteiger partial charge in [0.1, 0.15) is 0 Å². The van der Waals surface area contributed by atoms with Crippen LogP contribution >= 0.6 is 7.14 Å². The smallest absolute Gasteiger partial charge is 0.0901 e. The lowest BCUT2D eigenvalue weighted by Crippen LogP contribution is -2.16. The molecule has 66 valence electrons. The number of hydrogen-bond donors (Lipinski definition) is 0. The Bertz CT molecular complexity index is 162. The molecule has 1 nitrogen and oxygen atoms in total. The lowest BCUT2D eigenvalue weighted by Gasteiger charge is -2.29. The van der Waals surface area contributed by atoms with Crippen molar-refractivity contribution >= 4 is 7.14 Å². The van der Waals surface area contributed by atoms with Crippen molar-refractivity contribution in [2.24, 2.45) is 5.92 Å². The first-order valence-electron chi connectivity index (χ1n) is 4.62. The third-order valence-corrected chi connectivity index (χ3v) is 6.85. The van der Waals surface area contributed by atoms with Crippen LogP contribution in [0.1, 0.15) is 33.6 Å². The summed E-state index contributed by atoms with van der Waals surface area (Å²) in [6.07, 6.45) is 4.39. The van der Waals surface area contributed by atoms with Crippen LogP contribution in [-0.4, -0.2) is 18.0 Å². The van der Waals surface area contributed by atoms with E-state index in [0.717, 1.165) is 18.2 Å². The second-order valence-corrected chi connectivity index (χ2v) is 8.01. The van der Waals surface area contributed by atoms with E-state index in [2.05, 4.69) is 20.8 Å². The minimum absolute atomic E-state index is 0.426. The fourth-order valence-corrected chi connectivity index (χ4v) is 4.66. The van der Waals surface area contributed by atoms with E-state index in [1.807, 2.05) is 0 Å². The maximum Gasteiger partial charge on any atom is 0.0901 e. The Balaban J connectivity index is 2.56. The molecule has 1 aliphatic heterocycles. The van der Waals surface area contributed by atoms with E-state index in [0.29, 0.717) is 5.66 Å². The molecule has 0 aliphatic carbocycles. The maximum atomic E-state index is 12.1. The van der Waals surface area contributed by atoms with Crippen LogP contribution in [0.4, 0.5) is 0 Å². The number of hydrogen-bond acceptors (Lipinski definition) is 1. The molecule has 1 fully saturated rings. The Morgan fingerprint density at radius 3 is 2.09 bits per heavy atom. The fraction of sp³-hybridized carbons (Fsp3) is 1.00. The summed E-state index contributed by atoms with van der Waals surface area (Å²) < 4.78 is 12.1. The molecule has 0 bridgehead atoms. The van der Waals surface area contributed by atoms with E-state index >= 15 is 0 Å². The standard InChI is InChI=1S/C9H19OP/c1-8(2)11(10)6-4-9(3)5-7-11/h8-9H,4-7H2,1-3H3. The van der Waals surface area contributed by atoms with E-state index in [9.17, 15) is 4.57 Å². The Hall–Kier alpha value is 0.230. The number of rotatable bonds is 1. The zero-order valence-corrected chi connectivity index (χ0v) is 8.73. The van der Waals surface area contributed by atoms with E-state index < -0.39 is 7.14 Å². The highest BCUT2D eigenvalue weighted by Crippen LogP contribution is 2.55. The predicted octanol–water partition coefficient (Wildman–Crippen LogP) is 3.19. The van der Waals surface area contributed by atoms with Crippen LogP contribution in [0.15, 0.2) is 0 Å². The van der Waals surface area contributed by atoms with Crippen molar-refractivity contribution in [2.45, 2.75) is 39.3 Å². The SMILES string of the molecule is CC1CCP(=O)(C(C)C)CC1.